The molecule has 0 unspecified atom stereocenters. The molecule has 1 aromatic carbocycles. The molecule has 1 heterocycles. The Balaban J connectivity index is 2.16. The number of esters is 1. The molecule has 4 nitrogen and oxygen atoms in total. The summed E-state index contributed by atoms with van der Waals surface area (Å²) in [6.45, 7) is 11.4. The highest BCUT2D eigenvalue weighted by Gasteiger charge is 2.12. The van der Waals surface area contributed by atoms with Gasteiger partial charge < -0.3 is 9.15 Å². The smallest absolute Gasteiger partial charge is 0.308 e. The summed E-state index contributed by atoms with van der Waals surface area (Å²) in [5.41, 5.74) is 3.10. The van der Waals surface area contributed by atoms with Gasteiger partial charge in [-0.3, -0.25) is 9.69 Å². The summed E-state index contributed by atoms with van der Waals surface area (Å²) in [7, 11) is 0. The van der Waals surface area contributed by atoms with Crippen LogP contribution in [-0.2, 0) is 17.9 Å². The van der Waals surface area contributed by atoms with E-state index in [0.29, 0.717) is 5.75 Å². The van der Waals surface area contributed by atoms with E-state index in [1.54, 1.807) is 6.26 Å². The number of nitrogens with zero attached hydrogens (tertiary/aromatic N) is 1. The summed E-state index contributed by atoms with van der Waals surface area (Å²) in [5.74, 6) is 1.29. The molecule has 0 amide bonds. The predicted octanol–water partition coefficient (Wildman–Crippen LogP) is 4.01. The summed E-state index contributed by atoms with van der Waals surface area (Å²) in [6, 6.07) is 7.98. The fourth-order valence-corrected chi connectivity index (χ4v) is 2.68. The summed E-state index contributed by atoms with van der Waals surface area (Å²) >= 11 is 0. The molecule has 0 aliphatic carbocycles. The van der Waals surface area contributed by atoms with Crippen molar-refractivity contribution in [1.82, 2.24) is 4.90 Å². The van der Waals surface area contributed by atoms with Gasteiger partial charge in [-0.2, -0.15) is 0 Å². The van der Waals surface area contributed by atoms with E-state index in [0.717, 1.165) is 36.5 Å². The molecule has 0 atom stereocenters. The first-order valence-electron chi connectivity index (χ1n) is 7.63. The Kier molecular flexibility index (Phi) is 5.77. The molecule has 0 spiro atoms. The molecule has 122 valence electrons. The third-order valence-electron chi connectivity index (χ3n) is 3.52. The Morgan fingerprint density at radius 2 is 2.00 bits per heavy atom. The van der Waals surface area contributed by atoms with Crippen molar-refractivity contribution in [2.75, 3.05) is 6.54 Å². The van der Waals surface area contributed by atoms with E-state index in [4.69, 9.17) is 9.15 Å². The number of hydrogen-bond donors (Lipinski definition) is 0. The zero-order chi connectivity index (χ0) is 16.8. The third-order valence-corrected chi connectivity index (χ3v) is 3.52. The predicted molar refractivity (Wildman–Crippen MR) is 90.2 cm³/mol. The highest BCUT2D eigenvalue weighted by atomic mass is 16.5. The SMILES string of the molecule is C=CCN(Cc1cc(C)c(OC(C)=O)c(C)c1)Cc1ccco1. The maximum atomic E-state index is 11.2. The maximum absolute atomic E-state index is 11.2. The molecule has 2 aromatic rings. The first kappa shape index (κ1) is 17.0. The van der Waals surface area contributed by atoms with Crippen LogP contribution in [0.25, 0.3) is 0 Å². The largest absolute Gasteiger partial charge is 0.468 e. The first-order valence-corrected chi connectivity index (χ1v) is 7.63. The average molecular weight is 313 g/mol. The van der Waals surface area contributed by atoms with Gasteiger partial charge in [0.15, 0.2) is 0 Å². The van der Waals surface area contributed by atoms with Gasteiger partial charge in [-0.15, -0.1) is 6.58 Å². The van der Waals surface area contributed by atoms with Crippen LogP contribution >= 0.6 is 0 Å². The minimum absolute atomic E-state index is 0.296. The lowest BCUT2D eigenvalue weighted by atomic mass is 10.0. The molecule has 1 aromatic heterocycles. The molecular weight excluding hydrogens is 290 g/mol. The number of ether oxygens (including phenoxy) is 1. The Morgan fingerprint density at radius 1 is 1.30 bits per heavy atom. The highest BCUT2D eigenvalue weighted by molar-refractivity contribution is 5.70. The quantitative estimate of drug-likeness (QED) is 0.440. The molecular formula is C19H23NO3. The van der Waals surface area contributed by atoms with Gasteiger partial charge in [0.1, 0.15) is 11.5 Å². The van der Waals surface area contributed by atoms with Crippen molar-refractivity contribution in [3.63, 3.8) is 0 Å². The van der Waals surface area contributed by atoms with Crippen LogP contribution in [0, 0.1) is 13.8 Å². The van der Waals surface area contributed by atoms with Gasteiger partial charge >= 0.3 is 5.97 Å². The van der Waals surface area contributed by atoms with E-state index in [1.165, 1.54) is 12.5 Å². The van der Waals surface area contributed by atoms with Crippen LogP contribution in [-0.4, -0.2) is 17.4 Å². The van der Waals surface area contributed by atoms with Crippen molar-refractivity contribution in [2.45, 2.75) is 33.9 Å². The lowest BCUT2D eigenvalue weighted by molar-refractivity contribution is -0.131. The van der Waals surface area contributed by atoms with E-state index in [9.17, 15) is 4.79 Å². The number of benzene rings is 1. The maximum Gasteiger partial charge on any atom is 0.308 e. The van der Waals surface area contributed by atoms with Gasteiger partial charge in [0.05, 0.1) is 12.8 Å². The second kappa shape index (κ2) is 7.79. The minimum Gasteiger partial charge on any atom is -0.468 e. The van der Waals surface area contributed by atoms with Gasteiger partial charge in [0.2, 0.25) is 0 Å². The van der Waals surface area contributed by atoms with E-state index in [2.05, 4.69) is 23.6 Å². The third kappa shape index (κ3) is 4.83. The molecule has 0 radical (unpaired) electrons. The zero-order valence-electron chi connectivity index (χ0n) is 14.0. The van der Waals surface area contributed by atoms with Gasteiger partial charge in [0.25, 0.3) is 0 Å². The van der Waals surface area contributed by atoms with Crippen molar-refractivity contribution >= 4 is 5.97 Å². The number of furan rings is 1. The molecule has 0 fully saturated rings. The summed E-state index contributed by atoms with van der Waals surface area (Å²) in [6.07, 6.45) is 3.57. The fraction of sp³-hybridized carbons (Fsp3) is 0.316. The number of rotatable bonds is 7. The summed E-state index contributed by atoms with van der Waals surface area (Å²) in [4.78, 5) is 13.4. The monoisotopic (exact) mass is 313 g/mol. The van der Waals surface area contributed by atoms with Crippen LogP contribution in [0.2, 0.25) is 0 Å². The molecule has 0 saturated heterocycles. The van der Waals surface area contributed by atoms with Gasteiger partial charge in [0, 0.05) is 20.0 Å². The highest BCUT2D eigenvalue weighted by Crippen LogP contribution is 2.26. The lowest BCUT2D eigenvalue weighted by Gasteiger charge is -2.21. The van der Waals surface area contributed by atoms with E-state index in [1.807, 2.05) is 32.1 Å². The van der Waals surface area contributed by atoms with Gasteiger partial charge in [-0.05, 0) is 42.7 Å². The molecule has 0 aliphatic heterocycles. The Hall–Kier alpha value is -2.33. The molecule has 0 aliphatic rings. The second-order valence-corrected chi connectivity index (χ2v) is 5.69. The Labute approximate surface area is 137 Å². The number of hydrogen-bond acceptors (Lipinski definition) is 4. The minimum atomic E-state index is -0.296. The lowest BCUT2D eigenvalue weighted by Crippen LogP contribution is -2.22. The van der Waals surface area contributed by atoms with Crippen molar-refractivity contribution in [2.24, 2.45) is 0 Å². The van der Waals surface area contributed by atoms with Crippen molar-refractivity contribution in [1.29, 1.82) is 0 Å². The van der Waals surface area contributed by atoms with Crippen molar-refractivity contribution in [3.8, 4) is 5.75 Å². The van der Waals surface area contributed by atoms with E-state index >= 15 is 0 Å². The Morgan fingerprint density at radius 3 is 2.52 bits per heavy atom. The van der Waals surface area contributed by atoms with Crippen LogP contribution in [0.5, 0.6) is 5.75 Å². The summed E-state index contributed by atoms with van der Waals surface area (Å²) < 4.78 is 10.7. The average Bonchev–Trinajstić information content (AvgIpc) is 2.96. The number of carbonyl (C=O) groups excluding carboxylic acids is 1. The fourth-order valence-electron chi connectivity index (χ4n) is 2.68. The van der Waals surface area contributed by atoms with Gasteiger partial charge in [-0.25, -0.2) is 0 Å². The molecule has 4 heteroatoms. The zero-order valence-corrected chi connectivity index (χ0v) is 14.0. The van der Waals surface area contributed by atoms with Crippen molar-refractivity contribution in [3.05, 3.63) is 65.6 Å². The summed E-state index contributed by atoms with van der Waals surface area (Å²) in [5, 5.41) is 0. The Bertz CT molecular complexity index is 651. The molecule has 2 rings (SSSR count). The standard InChI is InChI=1S/C19H23NO3/c1-5-8-20(13-18-7-6-9-22-18)12-17-10-14(2)19(15(3)11-17)23-16(4)21/h5-7,9-11H,1,8,12-13H2,2-4H3. The first-order chi connectivity index (χ1) is 11.0. The number of carbonyl (C=O) groups is 1. The van der Waals surface area contributed by atoms with Crippen LogP contribution in [0.4, 0.5) is 0 Å². The normalized spacial score (nSPS) is 10.8. The van der Waals surface area contributed by atoms with Gasteiger partial charge in [-0.1, -0.05) is 18.2 Å². The molecule has 0 N–H and O–H groups in total. The molecule has 23 heavy (non-hydrogen) atoms. The van der Waals surface area contributed by atoms with Crippen LogP contribution < -0.4 is 4.74 Å². The second-order valence-electron chi connectivity index (χ2n) is 5.69. The van der Waals surface area contributed by atoms with E-state index < -0.39 is 0 Å². The number of aryl methyl sites for hydroxylation is 2. The van der Waals surface area contributed by atoms with Crippen molar-refractivity contribution < 1.29 is 13.9 Å². The van der Waals surface area contributed by atoms with E-state index in [-0.39, 0.29) is 5.97 Å². The van der Waals surface area contributed by atoms with Crippen LogP contribution in [0.3, 0.4) is 0 Å². The molecule has 0 saturated carbocycles. The molecule has 0 bridgehead atoms. The van der Waals surface area contributed by atoms with Crippen LogP contribution in [0.1, 0.15) is 29.4 Å². The van der Waals surface area contributed by atoms with Crippen LogP contribution in [0.15, 0.2) is 47.6 Å². The topological polar surface area (TPSA) is 42.7 Å².